The third-order valence-corrected chi connectivity index (χ3v) is 3.23. The van der Waals surface area contributed by atoms with Crippen LogP contribution in [-0.4, -0.2) is 48.0 Å². The number of nitrogens with zero attached hydrogens (tertiary/aromatic N) is 1. The fourth-order valence-corrected chi connectivity index (χ4v) is 2.37. The van der Waals surface area contributed by atoms with Crippen LogP contribution in [0.2, 0.25) is 0 Å². The number of likely N-dealkylation sites (tertiary alicyclic amines) is 1. The number of ketones is 1. The maximum Gasteiger partial charge on any atom is 0.410 e. The number of carbonyl (C=O) groups excluding carboxylic acids is 3. The van der Waals surface area contributed by atoms with Crippen molar-refractivity contribution in [3.8, 4) is 0 Å². The van der Waals surface area contributed by atoms with Gasteiger partial charge < -0.3 is 14.4 Å². The predicted molar refractivity (Wildman–Crippen MR) is 72.1 cm³/mol. The molecule has 20 heavy (non-hydrogen) atoms. The van der Waals surface area contributed by atoms with Crippen molar-refractivity contribution in [1.29, 1.82) is 0 Å². The quantitative estimate of drug-likeness (QED) is 0.571. The van der Waals surface area contributed by atoms with E-state index in [9.17, 15) is 14.4 Å². The second-order valence-electron chi connectivity index (χ2n) is 5.87. The summed E-state index contributed by atoms with van der Waals surface area (Å²) >= 11 is 0. The Hall–Kier alpha value is -1.59. The van der Waals surface area contributed by atoms with Crippen LogP contribution in [0, 0.1) is 5.92 Å². The molecule has 2 unspecified atom stereocenters. The van der Waals surface area contributed by atoms with Gasteiger partial charge in [0.15, 0.2) is 5.78 Å². The van der Waals surface area contributed by atoms with E-state index in [1.807, 2.05) is 6.92 Å². The van der Waals surface area contributed by atoms with Crippen molar-refractivity contribution in [1.82, 2.24) is 4.90 Å². The summed E-state index contributed by atoms with van der Waals surface area (Å²) in [7, 11) is 1.24. The molecule has 0 radical (unpaired) electrons. The number of ether oxygens (including phenoxy) is 2. The maximum atomic E-state index is 12.2. The Morgan fingerprint density at radius 3 is 2.40 bits per heavy atom. The molecule has 114 valence electrons. The third-order valence-electron chi connectivity index (χ3n) is 3.23. The fraction of sp³-hybridized carbons (Fsp3) is 0.786. The monoisotopic (exact) mass is 285 g/mol. The molecule has 6 nitrogen and oxygen atoms in total. The van der Waals surface area contributed by atoms with Crippen LogP contribution in [-0.2, 0) is 19.1 Å². The smallest absolute Gasteiger partial charge is 0.410 e. The lowest BCUT2D eigenvalue weighted by Crippen LogP contribution is -2.55. The number of rotatable bonds is 2. The first-order valence-corrected chi connectivity index (χ1v) is 6.81. The van der Waals surface area contributed by atoms with Crippen LogP contribution in [0.25, 0.3) is 0 Å². The summed E-state index contributed by atoms with van der Waals surface area (Å²) in [5, 5.41) is 0. The molecule has 1 amide bonds. The Labute approximate surface area is 119 Å². The average molecular weight is 285 g/mol. The summed E-state index contributed by atoms with van der Waals surface area (Å²) in [4.78, 5) is 37.4. The van der Waals surface area contributed by atoms with Crippen molar-refractivity contribution in [2.45, 2.75) is 52.2 Å². The maximum absolute atomic E-state index is 12.2. The van der Waals surface area contributed by atoms with E-state index in [4.69, 9.17) is 4.74 Å². The number of piperidine rings is 1. The molecule has 0 aromatic heterocycles. The number of hydrogen-bond donors (Lipinski definition) is 0. The predicted octanol–water partition coefficient (Wildman–Crippen LogP) is 1.76. The van der Waals surface area contributed by atoms with Gasteiger partial charge in [-0.1, -0.05) is 6.92 Å². The van der Waals surface area contributed by atoms with Crippen LogP contribution >= 0.6 is 0 Å². The van der Waals surface area contributed by atoms with E-state index < -0.39 is 29.6 Å². The molecule has 1 heterocycles. The zero-order valence-electron chi connectivity index (χ0n) is 12.8. The molecule has 1 aliphatic rings. The van der Waals surface area contributed by atoms with E-state index in [0.717, 1.165) is 0 Å². The number of amides is 1. The Morgan fingerprint density at radius 2 is 1.95 bits per heavy atom. The summed E-state index contributed by atoms with van der Waals surface area (Å²) in [6.07, 6.45) is 0.144. The molecule has 6 heteroatoms. The Morgan fingerprint density at radius 1 is 1.35 bits per heavy atom. The van der Waals surface area contributed by atoms with Gasteiger partial charge in [0.05, 0.1) is 13.2 Å². The van der Waals surface area contributed by atoms with E-state index >= 15 is 0 Å². The molecule has 0 N–H and O–H groups in total. The van der Waals surface area contributed by atoms with Gasteiger partial charge in [0.25, 0.3) is 0 Å². The van der Waals surface area contributed by atoms with Crippen molar-refractivity contribution in [3.05, 3.63) is 0 Å². The summed E-state index contributed by atoms with van der Waals surface area (Å²) < 4.78 is 10.0. The standard InChI is InChI=1S/C14H23NO5/c1-6-9-11(12(17)19-5)10(16)7-8-15(9)13(18)20-14(2,3)4/h9,11H,6-8H2,1-5H3. The van der Waals surface area contributed by atoms with E-state index in [-0.39, 0.29) is 18.7 Å². The van der Waals surface area contributed by atoms with Crippen LogP contribution in [0.15, 0.2) is 0 Å². The minimum absolute atomic E-state index is 0.148. The Balaban J connectivity index is 2.94. The van der Waals surface area contributed by atoms with Crippen molar-refractivity contribution in [3.63, 3.8) is 0 Å². The van der Waals surface area contributed by atoms with E-state index in [2.05, 4.69) is 4.74 Å². The number of Topliss-reactive ketones (excluding diaryl/α,β-unsaturated/α-hetero) is 1. The first kappa shape index (κ1) is 16.5. The minimum atomic E-state index is -0.911. The lowest BCUT2D eigenvalue weighted by molar-refractivity contribution is -0.154. The van der Waals surface area contributed by atoms with E-state index in [0.29, 0.717) is 6.42 Å². The molecular formula is C14H23NO5. The first-order valence-electron chi connectivity index (χ1n) is 6.81. The van der Waals surface area contributed by atoms with Gasteiger partial charge in [0, 0.05) is 13.0 Å². The molecule has 0 spiro atoms. The zero-order chi connectivity index (χ0) is 15.5. The zero-order valence-corrected chi connectivity index (χ0v) is 12.8. The largest absolute Gasteiger partial charge is 0.468 e. The van der Waals surface area contributed by atoms with Gasteiger partial charge in [-0.15, -0.1) is 0 Å². The number of methoxy groups -OCH3 is 1. The Kier molecular flexibility index (Phi) is 5.14. The Bertz CT molecular complexity index is 391. The number of carbonyl (C=O) groups is 3. The van der Waals surface area contributed by atoms with Crippen LogP contribution in [0.5, 0.6) is 0 Å². The van der Waals surface area contributed by atoms with Gasteiger partial charge in [-0.25, -0.2) is 4.79 Å². The summed E-state index contributed by atoms with van der Waals surface area (Å²) in [6, 6.07) is -0.501. The third kappa shape index (κ3) is 3.71. The highest BCUT2D eigenvalue weighted by molar-refractivity contribution is 6.01. The van der Waals surface area contributed by atoms with Crippen molar-refractivity contribution in [2.24, 2.45) is 5.92 Å². The highest BCUT2D eigenvalue weighted by Crippen LogP contribution is 2.26. The molecular weight excluding hydrogens is 262 g/mol. The summed E-state index contributed by atoms with van der Waals surface area (Å²) in [5.41, 5.74) is -0.613. The number of esters is 1. The second-order valence-corrected chi connectivity index (χ2v) is 5.87. The molecule has 1 aliphatic heterocycles. The molecule has 0 saturated carbocycles. The van der Waals surface area contributed by atoms with Gasteiger partial charge >= 0.3 is 12.1 Å². The van der Waals surface area contributed by atoms with E-state index in [1.54, 1.807) is 20.8 Å². The van der Waals surface area contributed by atoms with Crippen LogP contribution in [0.1, 0.15) is 40.5 Å². The van der Waals surface area contributed by atoms with Crippen molar-refractivity contribution < 1.29 is 23.9 Å². The topological polar surface area (TPSA) is 72.9 Å². The van der Waals surface area contributed by atoms with Gasteiger partial charge in [0.2, 0.25) is 0 Å². The number of hydrogen-bond acceptors (Lipinski definition) is 5. The van der Waals surface area contributed by atoms with Gasteiger partial charge in [-0.05, 0) is 27.2 Å². The lowest BCUT2D eigenvalue weighted by Gasteiger charge is -2.39. The normalized spacial score (nSPS) is 23.4. The highest BCUT2D eigenvalue weighted by Gasteiger charge is 2.44. The molecule has 1 fully saturated rings. The lowest BCUT2D eigenvalue weighted by atomic mass is 9.86. The van der Waals surface area contributed by atoms with Gasteiger partial charge in [-0.3, -0.25) is 9.59 Å². The summed E-state index contributed by atoms with van der Waals surface area (Å²) in [5.74, 6) is -1.68. The van der Waals surface area contributed by atoms with E-state index in [1.165, 1.54) is 12.0 Å². The molecule has 1 rings (SSSR count). The molecule has 2 atom stereocenters. The molecule has 1 saturated heterocycles. The molecule has 0 aliphatic carbocycles. The molecule has 0 bridgehead atoms. The van der Waals surface area contributed by atoms with Gasteiger partial charge in [-0.2, -0.15) is 0 Å². The van der Waals surface area contributed by atoms with Crippen molar-refractivity contribution >= 4 is 17.8 Å². The van der Waals surface area contributed by atoms with Crippen LogP contribution in [0.3, 0.4) is 0 Å². The average Bonchev–Trinajstić information content (AvgIpc) is 2.35. The van der Waals surface area contributed by atoms with Crippen molar-refractivity contribution in [2.75, 3.05) is 13.7 Å². The second kappa shape index (κ2) is 6.24. The summed E-state index contributed by atoms with van der Waals surface area (Å²) in [6.45, 7) is 7.44. The molecule has 0 aromatic carbocycles. The van der Waals surface area contributed by atoms with Gasteiger partial charge in [0.1, 0.15) is 11.5 Å². The minimum Gasteiger partial charge on any atom is -0.468 e. The first-order chi connectivity index (χ1) is 9.21. The SMILES string of the molecule is CCC1C(C(=O)OC)C(=O)CCN1C(=O)OC(C)(C)C. The fourth-order valence-electron chi connectivity index (χ4n) is 2.37. The van der Waals surface area contributed by atoms with Crippen LogP contribution in [0.4, 0.5) is 4.79 Å². The highest BCUT2D eigenvalue weighted by atomic mass is 16.6. The molecule has 0 aromatic rings. The van der Waals surface area contributed by atoms with Crippen LogP contribution < -0.4 is 0 Å².